The lowest BCUT2D eigenvalue weighted by molar-refractivity contribution is 0.101. The van der Waals surface area contributed by atoms with Gasteiger partial charge in [0, 0.05) is 34.7 Å². The number of aromatic nitrogens is 3. The van der Waals surface area contributed by atoms with Gasteiger partial charge >= 0.3 is 0 Å². The molecule has 2 heterocycles. The Morgan fingerprint density at radius 2 is 1.61 bits per heavy atom. The molecule has 0 aliphatic carbocycles. The number of carbonyl (C=O) groups is 2. The maximum absolute atomic E-state index is 12.7. The Balaban J connectivity index is 1.52. The first kappa shape index (κ1) is 17.4. The minimum absolute atomic E-state index is 0.250. The number of H-pyrrole nitrogens is 1. The lowest BCUT2D eigenvalue weighted by atomic mass is 10.1. The molecule has 0 saturated heterocycles. The zero-order valence-corrected chi connectivity index (χ0v) is 15.1. The molecule has 7 nitrogen and oxygen atoms in total. The highest BCUT2D eigenvalue weighted by Gasteiger charge is 2.15. The zero-order valence-electron chi connectivity index (χ0n) is 15.1. The second-order valence-electron chi connectivity index (χ2n) is 6.35. The number of nitrogens with zero attached hydrogens (tertiary/aromatic N) is 2. The maximum atomic E-state index is 12.7. The van der Waals surface area contributed by atoms with Crippen molar-refractivity contribution < 1.29 is 9.59 Å². The summed E-state index contributed by atoms with van der Waals surface area (Å²) >= 11 is 0. The van der Waals surface area contributed by atoms with E-state index in [4.69, 9.17) is 0 Å². The monoisotopic (exact) mass is 371 g/mol. The van der Waals surface area contributed by atoms with E-state index in [0.717, 1.165) is 16.5 Å². The molecule has 2 aromatic heterocycles. The van der Waals surface area contributed by atoms with Crippen LogP contribution in [0.1, 0.15) is 26.4 Å². The number of rotatable bonds is 4. The maximum Gasteiger partial charge on any atom is 0.276 e. The number of anilines is 2. The Kier molecular flexibility index (Phi) is 4.55. The molecule has 4 rings (SSSR count). The minimum Gasteiger partial charge on any atom is -0.322 e. The summed E-state index contributed by atoms with van der Waals surface area (Å²) in [6, 6.07) is 16.0. The molecule has 4 aromatic rings. The van der Waals surface area contributed by atoms with Crippen molar-refractivity contribution in [1.29, 1.82) is 0 Å². The van der Waals surface area contributed by atoms with Gasteiger partial charge in [0.1, 0.15) is 0 Å². The Labute approximate surface area is 160 Å². The summed E-state index contributed by atoms with van der Waals surface area (Å²) in [5.41, 5.74) is 3.80. The summed E-state index contributed by atoms with van der Waals surface area (Å²) < 4.78 is 0. The summed E-state index contributed by atoms with van der Waals surface area (Å²) in [5.74, 6) is -0.575. The van der Waals surface area contributed by atoms with Gasteiger partial charge in [-0.25, -0.2) is 0 Å². The topological polar surface area (TPSA) is 99.8 Å². The molecule has 0 spiro atoms. The zero-order chi connectivity index (χ0) is 19.5. The quantitative estimate of drug-likeness (QED) is 0.508. The fraction of sp³-hybridized carbons (Fsp3) is 0.0476. The number of nitrogens with one attached hydrogen (secondary N) is 3. The van der Waals surface area contributed by atoms with Crippen molar-refractivity contribution in [2.45, 2.75) is 6.92 Å². The SMILES string of the molecule is Cc1ccc2[nH]nc(C(=O)Nc3cccc(NC(=O)c4ccncc4)c3)c2c1. The summed E-state index contributed by atoms with van der Waals surface area (Å²) in [5, 5.41) is 13.4. The van der Waals surface area contributed by atoms with Crippen LogP contribution in [0.4, 0.5) is 11.4 Å². The third-order valence-corrected chi connectivity index (χ3v) is 4.25. The molecule has 0 radical (unpaired) electrons. The van der Waals surface area contributed by atoms with Crippen molar-refractivity contribution in [2.75, 3.05) is 10.6 Å². The van der Waals surface area contributed by atoms with Crippen molar-refractivity contribution in [1.82, 2.24) is 15.2 Å². The lowest BCUT2D eigenvalue weighted by Crippen LogP contribution is -2.14. The third-order valence-electron chi connectivity index (χ3n) is 4.25. The van der Waals surface area contributed by atoms with Gasteiger partial charge in [0.25, 0.3) is 11.8 Å². The Morgan fingerprint density at radius 3 is 2.36 bits per heavy atom. The van der Waals surface area contributed by atoms with E-state index < -0.39 is 0 Å². The van der Waals surface area contributed by atoms with Gasteiger partial charge in [0.2, 0.25) is 0 Å². The molecule has 3 N–H and O–H groups in total. The molecule has 28 heavy (non-hydrogen) atoms. The van der Waals surface area contributed by atoms with Crippen LogP contribution in [0.3, 0.4) is 0 Å². The second-order valence-corrected chi connectivity index (χ2v) is 6.35. The molecule has 0 atom stereocenters. The van der Waals surface area contributed by atoms with Gasteiger partial charge in [0.05, 0.1) is 5.52 Å². The lowest BCUT2D eigenvalue weighted by Gasteiger charge is -2.08. The molecule has 2 aromatic carbocycles. The van der Waals surface area contributed by atoms with Crippen molar-refractivity contribution >= 4 is 34.1 Å². The summed E-state index contributed by atoms with van der Waals surface area (Å²) in [7, 11) is 0. The fourth-order valence-electron chi connectivity index (χ4n) is 2.87. The van der Waals surface area contributed by atoms with E-state index in [2.05, 4.69) is 25.8 Å². The first-order chi connectivity index (χ1) is 13.6. The number of carbonyl (C=O) groups excluding carboxylic acids is 2. The molecule has 2 amide bonds. The summed E-state index contributed by atoms with van der Waals surface area (Å²) in [4.78, 5) is 28.8. The van der Waals surface area contributed by atoms with Crippen LogP contribution in [0.25, 0.3) is 10.9 Å². The fourth-order valence-corrected chi connectivity index (χ4v) is 2.87. The van der Waals surface area contributed by atoms with Gasteiger partial charge < -0.3 is 10.6 Å². The van der Waals surface area contributed by atoms with Crippen LogP contribution in [0.2, 0.25) is 0 Å². The Hall–Kier alpha value is -4.00. The third kappa shape index (κ3) is 3.59. The van der Waals surface area contributed by atoms with E-state index in [-0.39, 0.29) is 11.8 Å². The second kappa shape index (κ2) is 7.32. The number of aromatic amines is 1. The molecule has 0 unspecified atom stereocenters. The van der Waals surface area contributed by atoms with Gasteiger partial charge in [-0.1, -0.05) is 17.7 Å². The van der Waals surface area contributed by atoms with E-state index in [1.165, 1.54) is 0 Å². The van der Waals surface area contributed by atoms with Crippen molar-refractivity contribution in [2.24, 2.45) is 0 Å². The van der Waals surface area contributed by atoms with Gasteiger partial charge in [-0.05, 0) is 49.4 Å². The van der Waals surface area contributed by atoms with E-state index in [1.54, 1.807) is 48.8 Å². The van der Waals surface area contributed by atoms with E-state index in [9.17, 15) is 9.59 Å². The van der Waals surface area contributed by atoms with Crippen molar-refractivity contribution in [3.8, 4) is 0 Å². The van der Waals surface area contributed by atoms with Crippen LogP contribution >= 0.6 is 0 Å². The van der Waals surface area contributed by atoms with Crippen LogP contribution in [-0.2, 0) is 0 Å². The largest absolute Gasteiger partial charge is 0.322 e. The Bertz CT molecular complexity index is 1170. The first-order valence-electron chi connectivity index (χ1n) is 8.68. The molecule has 138 valence electrons. The van der Waals surface area contributed by atoms with Crippen molar-refractivity contribution in [3.63, 3.8) is 0 Å². The number of hydrogen-bond donors (Lipinski definition) is 3. The van der Waals surface area contributed by atoms with E-state index >= 15 is 0 Å². The first-order valence-corrected chi connectivity index (χ1v) is 8.68. The normalized spacial score (nSPS) is 10.6. The summed E-state index contributed by atoms with van der Waals surface area (Å²) in [6.07, 6.45) is 3.11. The van der Waals surface area contributed by atoms with E-state index in [1.807, 2.05) is 25.1 Å². The van der Waals surface area contributed by atoms with Gasteiger partial charge in [-0.3, -0.25) is 19.7 Å². The van der Waals surface area contributed by atoms with Crippen molar-refractivity contribution in [3.05, 3.63) is 83.8 Å². The smallest absolute Gasteiger partial charge is 0.276 e. The Morgan fingerprint density at radius 1 is 0.893 bits per heavy atom. The predicted molar refractivity (Wildman–Crippen MR) is 107 cm³/mol. The molecule has 7 heteroatoms. The number of amides is 2. The van der Waals surface area contributed by atoms with Crippen LogP contribution < -0.4 is 10.6 Å². The molecule has 0 aliphatic rings. The number of pyridine rings is 1. The van der Waals surface area contributed by atoms with Crippen LogP contribution in [0, 0.1) is 6.92 Å². The average Bonchev–Trinajstić information content (AvgIpc) is 3.12. The van der Waals surface area contributed by atoms with Crippen LogP contribution in [0.15, 0.2) is 67.0 Å². The number of benzene rings is 2. The highest BCUT2D eigenvalue weighted by molar-refractivity contribution is 6.11. The molecular formula is C21H17N5O2. The standard InChI is InChI=1S/C21H17N5O2/c1-13-5-6-18-17(11-13)19(26-25-18)21(28)24-16-4-2-3-15(12-16)23-20(27)14-7-9-22-10-8-14/h2-12H,1H3,(H,23,27)(H,24,28)(H,25,26). The molecule has 0 aliphatic heterocycles. The average molecular weight is 371 g/mol. The highest BCUT2D eigenvalue weighted by Crippen LogP contribution is 2.20. The van der Waals surface area contributed by atoms with Crippen LogP contribution in [0.5, 0.6) is 0 Å². The highest BCUT2D eigenvalue weighted by atomic mass is 16.2. The summed E-state index contributed by atoms with van der Waals surface area (Å²) in [6.45, 7) is 1.96. The minimum atomic E-state index is -0.325. The van der Waals surface area contributed by atoms with E-state index in [0.29, 0.717) is 22.6 Å². The van der Waals surface area contributed by atoms with Gasteiger partial charge in [-0.2, -0.15) is 5.10 Å². The number of fused-ring (bicyclic) bond motifs is 1. The predicted octanol–water partition coefficient (Wildman–Crippen LogP) is 3.77. The van der Waals surface area contributed by atoms with Crippen LogP contribution in [-0.4, -0.2) is 27.0 Å². The molecule has 0 bridgehead atoms. The molecule has 0 saturated carbocycles. The number of aryl methyl sites for hydroxylation is 1. The molecule has 0 fully saturated rings. The number of hydrogen-bond acceptors (Lipinski definition) is 4. The van der Waals surface area contributed by atoms with Gasteiger partial charge in [-0.15, -0.1) is 0 Å². The van der Waals surface area contributed by atoms with Gasteiger partial charge in [0.15, 0.2) is 5.69 Å². The molecular weight excluding hydrogens is 354 g/mol.